The molecule has 1 aromatic carbocycles. The standard InChI is InChI=1S/C12H13N3O2/c1-3-9-14-12(17)15(11(16)13(14)2)10-7-5-4-6-8-10/h3-8H,1,9H2,2H3. The highest BCUT2D eigenvalue weighted by Crippen LogP contribution is 2.00. The quantitative estimate of drug-likeness (QED) is 0.723. The monoisotopic (exact) mass is 231 g/mol. The van der Waals surface area contributed by atoms with Gasteiger partial charge in [0, 0.05) is 7.05 Å². The van der Waals surface area contributed by atoms with Crippen LogP contribution in [0.15, 0.2) is 52.6 Å². The summed E-state index contributed by atoms with van der Waals surface area (Å²) in [6.45, 7) is 3.88. The van der Waals surface area contributed by atoms with E-state index in [4.69, 9.17) is 0 Å². The van der Waals surface area contributed by atoms with Crippen molar-refractivity contribution >= 4 is 0 Å². The van der Waals surface area contributed by atoms with E-state index in [1.807, 2.05) is 6.07 Å². The van der Waals surface area contributed by atoms with Crippen LogP contribution >= 0.6 is 0 Å². The summed E-state index contributed by atoms with van der Waals surface area (Å²) in [5.41, 5.74) is -0.146. The summed E-state index contributed by atoms with van der Waals surface area (Å²) in [5.74, 6) is 0. The highest BCUT2D eigenvalue weighted by Gasteiger charge is 2.12. The van der Waals surface area contributed by atoms with E-state index >= 15 is 0 Å². The van der Waals surface area contributed by atoms with Gasteiger partial charge in [-0.1, -0.05) is 24.3 Å². The van der Waals surface area contributed by atoms with Crippen molar-refractivity contribution in [1.29, 1.82) is 0 Å². The Hall–Kier alpha value is -2.30. The molecule has 1 aromatic heterocycles. The van der Waals surface area contributed by atoms with Gasteiger partial charge in [0.25, 0.3) is 0 Å². The Morgan fingerprint density at radius 1 is 1.18 bits per heavy atom. The van der Waals surface area contributed by atoms with Crippen molar-refractivity contribution in [3.05, 3.63) is 64.0 Å². The van der Waals surface area contributed by atoms with E-state index in [2.05, 4.69) is 6.58 Å². The molecule has 0 bridgehead atoms. The maximum absolute atomic E-state index is 12.1. The van der Waals surface area contributed by atoms with Crippen LogP contribution in [0, 0.1) is 0 Å². The SMILES string of the molecule is C=CCn1c(=O)n(-c2ccccc2)c(=O)n1C. The molecular formula is C12H13N3O2. The molecular weight excluding hydrogens is 218 g/mol. The van der Waals surface area contributed by atoms with Crippen LogP contribution in [0.3, 0.4) is 0 Å². The lowest BCUT2D eigenvalue weighted by molar-refractivity contribution is 0.531. The highest BCUT2D eigenvalue weighted by molar-refractivity contribution is 5.30. The number of nitrogens with zero attached hydrogens (tertiary/aromatic N) is 3. The lowest BCUT2D eigenvalue weighted by Crippen LogP contribution is -2.27. The third kappa shape index (κ3) is 1.75. The van der Waals surface area contributed by atoms with Gasteiger partial charge >= 0.3 is 11.4 Å². The van der Waals surface area contributed by atoms with Crippen LogP contribution in [0.1, 0.15) is 0 Å². The maximum Gasteiger partial charge on any atom is 0.352 e. The Morgan fingerprint density at radius 3 is 2.41 bits per heavy atom. The molecule has 0 aliphatic rings. The number of hydrogen-bond acceptors (Lipinski definition) is 2. The number of allylic oxidation sites excluding steroid dienone is 1. The van der Waals surface area contributed by atoms with Crippen LogP contribution in [0.4, 0.5) is 0 Å². The number of para-hydroxylation sites is 1. The first-order valence-electron chi connectivity index (χ1n) is 5.22. The van der Waals surface area contributed by atoms with Crippen LogP contribution in [0.2, 0.25) is 0 Å². The van der Waals surface area contributed by atoms with Gasteiger partial charge in [-0.05, 0) is 12.1 Å². The first-order chi connectivity index (χ1) is 8.16. The van der Waals surface area contributed by atoms with Gasteiger partial charge < -0.3 is 0 Å². The van der Waals surface area contributed by atoms with Crippen LogP contribution < -0.4 is 11.4 Å². The van der Waals surface area contributed by atoms with Crippen molar-refractivity contribution in [3.63, 3.8) is 0 Å². The van der Waals surface area contributed by atoms with Gasteiger partial charge in [0.05, 0.1) is 12.2 Å². The van der Waals surface area contributed by atoms with Gasteiger partial charge in [0.1, 0.15) is 0 Å². The zero-order valence-electron chi connectivity index (χ0n) is 9.54. The lowest BCUT2D eigenvalue weighted by Gasteiger charge is -1.98. The van der Waals surface area contributed by atoms with Gasteiger partial charge in [-0.3, -0.25) is 0 Å². The summed E-state index contributed by atoms with van der Waals surface area (Å²) in [6, 6.07) is 8.85. The minimum Gasteiger partial charge on any atom is -0.246 e. The van der Waals surface area contributed by atoms with E-state index in [1.54, 1.807) is 37.4 Å². The lowest BCUT2D eigenvalue weighted by atomic mass is 10.3. The molecule has 0 aliphatic heterocycles. The molecule has 0 aliphatic carbocycles. The summed E-state index contributed by atoms with van der Waals surface area (Å²) in [6.07, 6.45) is 1.58. The minimum absolute atomic E-state index is 0.310. The minimum atomic E-state index is -0.358. The van der Waals surface area contributed by atoms with Gasteiger partial charge in [-0.25, -0.2) is 23.5 Å². The van der Waals surface area contributed by atoms with Gasteiger partial charge in [-0.2, -0.15) is 0 Å². The van der Waals surface area contributed by atoms with Crippen molar-refractivity contribution < 1.29 is 0 Å². The summed E-state index contributed by atoms with van der Waals surface area (Å²) in [7, 11) is 1.56. The molecule has 88 valence electrons. The Balaban J connectivity index is 2.73. The van der Waals surface area contributed by atoms with E-state index in [1.165, 1.54) is 9.36 Å². The molecule has 0 amide bonds. The number of aromatic nitrogens is 3. The number of benzene rings is 1. The molecule has 17 heavy (non-hydrogen) atoms. The average Bonchev–Trinajstić information content (AvgIpc) is 2.55. The molecule has 0 spiro atoms. The summed E-state index contributed by atoms with van der Waals surface area (Å²) in [4.78, 5) is 24.0. The van der Waals surface area contributed by atoms with E-state index in [-0.39, 0.29) is 11.4 Å². The molecule has 0 fully saturated rings. The molecule has 0 N–H and O–H groups in total. The summed E-state index contributed by atoms with van der Waals surface area (Å²) >= 11 is 0. The third-order valence-electron chi connectivity index (χ3n) is 2.56. The second kappa shape index (κ2) is 4.29. The molecule has 0 saturated carbocycles. The normalized spacial score (nSPS) is 10.4. The van der Waals surface area contributed by atoms with Crippen molar-refractivity contribution in [1.82, 2.24) is 13.9 Å². The van der Waals surface area contributed by atoms with Crippen LogP contribution in [0.25, 0.3) is 5.69 Å². The van der Waals surface area contributed by atoms with Crippen LogP contribution in [-0.4, -0.2) is 13.9 Å². The Labute approximate surface area is 97.8 Å². The van der Waals surface area contributed by atoms with Crippen molar-refractivity contribution in [3.8, 4) is 5.69 Å². The van der Waals surface area contributed by atoms with Crippen LogP contribution in [0.5, 0.6) is 0 Å². The van der Waals surface area contributed by atoms with E-state index < -0.39 is 0 Å². The first kappa shape index (κ1) is 11.2. The van der Waals surface area contributed by atoms with E-state index in [0.717, 1.165) is 4.57 Å². The predicted molar refractivity (Wildman–Crippen MR) is 65.5 cm³/mol. The summed E-state index contributed by atoms with van der Waals surface area (Å²) < 4.78 is 3.77. The van der Waals surface area contributed by atoms with E-state index in [0.29, 0.717) is 12.2 Å². The maximum atomic E-state index is 12.1. The fraction of sp³-hybridized carbons (Fsp3) is 0.167. The largest absolute Gasteiger partial charge is 0.352 e. The number of hydrogen-bond donors (Lipinski definition) is 0. The molecule has 2 aromatic rings. The second-order valence-electron chi connectivity index (χ2n) is 3.63. The predicted octanol–water partition coefficient (Wildman–Crippen LogP) is 0.524. The topological polar surface area (TPSA) is 48.9 Å². The van der Waals surface area contributed by atoms with Crippen molar-refractivity contribution in [2.24, 2.45) is 7.05 Å². The molecule has 5 nitrogen and oxygen atoms in total. The average molecular weight is 231 g/mol. The molecule has 0 atom stereocenters. The zero-order valence-corrected chi connectivity index (χ0v) is 9.54. The Bertz CT molecular complexity index is 647. The zero-order chi connectivity index (χ0) is 12.4. The van der Waals surface area contributed by atoms with Crippen molar-refractivity contribution in [2.45, 2.75) is 6.54 Å². The molecule has 2 rings (SSSR count). The highest BCUT2D eigenvalue weighted by atomic mass is 16.2. The van der Waals surface area contributed by atoms with Crippen molar-refractivity contribution in [2.75, 3.05) is 0 Å². The second-order valence-corrected chi connectivity index (χ2v) is 3.63. The fourth-order valence-corrected chi connectivity index (χ4v) is 1.69. The molecule has 1 heterocycles. The molecule has 0 unspecified atom stereocenters. The van der Waals surface area contributed by atoms with Crippen LogP contribution in [-0.2, 0) is 13.6 Å². The van der Waals surface area contributed by atoms with E-state index in [9.17, 15) is 9.59 Å². The fourth-order valence-electron chi connectivity index (χ4n) is 1.69. The number of rotatable bonds is 3. The van der Waals surface area contributed by atoms with Gasteiger partial charge in [0.15, 0.2) is 0 Å². The molecule has 0 saturated heterocycles. The van der Waals surface area contributed by atoms with Gasteiger partial charge in [-0.15, -0.1) is 6.58 Å². The first-order valence-corrected chi connectivity index (χ1v) is 5.22. The molecule has 5 heteroatoms. The Morgan fingerprint density at radius 2 is 1.82 bits per heavy atom. The Kier molecular flexibility index (Phi) is 2.82. The smallest absolute Gasteiger partial charge is 0.246 e. The third-order valence-corrected chi connectivity index (χ3v) is 2.56. The summed E-state index contributed by atoms with van der Waals surface area (Å²) in [5, 5.41) is 0. The molecule has 0 radical (unpaired) electrons. The van der Waals surface area contributed by atoms with Gasteiger partial charge in [0.2, 0.25) is 0 Å².